The van der Waals surface area contributed by atoms with Crippen LogP contribution in [0.1, 0.15) is 47.3 Å². The number of carbonyl (C=O) groups is 1. The minimum atomic E-state index is -0.134. The van der Waals surface area contributed by atoms with Gasteiger partial charge >= 0.3 is 0 Å². The summed E-state index contributed by atoms with van der Waals surface area (Å²) in [6.45, 7) is 2.24. The highest BCUT2D eigenvalue weighted by molar-refractivity contribution is 6.33. The Bertz CT molecular complexity index is 721. The van der Waals surface area contributed by atoms with E-state index >= 15 is 0 Å². The van der Waals surface area contributed by atoms with Crippen molar-refractivity contribution in [3.8, 4) is 0 Å². The van der Waals surface area contributed by atoms with Crippen LogP contribution in [0.25, 0.3) is 0 Å². The Morgan fingerprint density at radius 1 is 1.30 bits per heavy atom. The smallest absolute Gasteiger partial charge is 0.256 e. The molecule has 0 saturated heterocycles. The fourth-order valence-corrected chi connectivity index (χ4v) is 3.55. The maximum absolute atomic E-state index is 12.5. The number of benzene rings is 1. The summed E-state index contributed by atoms with van der Waals surface area (Å²) in [7, 11) is 0. The summed E-state index contributed by atoms with van der Waals surface area (Å²) in [6, 6.07) is 7.80. The topological polar surface area (TPSA) is 46.9 Å². The number of rotatable bonds is 4. The molecular weight excluding hydrogens is 333 g/mol. The second-order valence-electron chi connectivity index (χ2n) is 5.96. The lowest BCUT2D eigenvalue weighted by Gasteiger charge is -2.11. The third kappa shape index (κ3) is 3.54. The van der Waals surface area contributed by atoms with Crippen LogP contribution in [0, 0.1) is 6.92 Å². The third-order valence-corrected chi connectivity index (χ3v) is 5.01. The SMILES string of the molecule is Cc1nn(Cc2ccccc2Cl)c(Cl)c1C(=O)NC1CCCC1. The Morgan fingerprint density at radius 2 is 2.00 bits per heavy atom. The summed E-state index contributed by atoms with van der Waals surface area (Å²) in [5.41, 5.74) is 2.02. The molecule has 1 amide bonds. The van der Waals surface area contributed by atoms with E-state index in [1.807, 2.05) is 24.3 Å². The van der Waals surface area contributed by atoms with Gasteiger partial charge in [-0.1, -0.05) is 54.2 Å². The second-order valence-corrected chi connectivity index (χ2v) is 6.72. The first-order chi connectivity index (χ1) is 11.1. The number of hydrogen-bond acceptors (Lipinski definition) is 2. The van der Waals surface area contributed by atoms with Crippen molar-refractivity contribution < 1.29 is 4.79 Å². The van der Waals surface area contributed by atoms with E-state index in [-0.39, 0.29) is 11.9 Å². The lowest BCUT2D eigenvalue weighted by Crippen LogP contribution is -2.33. The van der Waals surface area contributed by atoms with Gasteiger partial charge < -0.3 is 5.32 Å². The van der Waals surface area contributed by atoms with E-state index in [4.69, 9.17) is 23.2 Å². The maximum Gasteiger partial charge on any atom is 0.256 e. The molecule has 1 aliphatic carbocycles. The highest BCUT2D eigenvalue weighted by Gasteiger charge is 2.24. The molecule has 1 aliphatic rings. The number of hydrogen-bond donors (Lipinski definition) is 1. The molecule has 0 atom stereocenters. The minimum absolute atomic E-state index is 0.134. The normalized spacial score (nSPS) is 15.1. The van der Waals surface area contributed by atoms with Gasteiger partial charge in [0.15, 0.2) is 0 Å². The average molecular weight is 352 g/mol. The zero-order valence-electron chi connectivity index (χ0n) is 13.0. The van der Waals surface area contributed by atoms with Crippen molar-refractivity contribution in [2.24, 2.45) is 0 Å². The van der Waals surface area contributed by atoms with Crippen LogP contribution in [-0.4, -0.2) is 21.7 Å². The van der Waals surface area contributed by atoms with Crippen molar-refractivity contribution >= 4 is 29.1 Å². The van der Waals surface area contributed by atoms with E-state index in [1.54, 1.807) is 11.6 Å². The van der Waals surface area contributed by atoms with E-state index in [0.717, 1.165) is 18.4 Å². The first-order valence-corrected chi connectivity index (χ1v) is 8.59. The van der Waals surface area contributed by atoms with E-state index in [9.17, 15) is 4.79 Å². The average Bonchev–Trinajstić information content (AvgIpc) is 3.10. The molecule has 6 heteroatoms. The van der Waals surface area contributed by atoms with Crippen LogP contribution < -0.4 is 5.32 Å². The molecule has 1 aromatic carbocycles. The van der Waals surface area contributed by atoms with Gasteiger partial charge in [0.1, 0.15) is 5.15 Å². The molecule has 122 valence electrons. The van der Waals surface area contributed by atoms with Crippen LogP contribution >= 0.6 is 23.2 Å². The van der Waals surface area contributed by atoms with E-state index < -0.39 is 0 Å². The van der Waals surface area contributed by atoms with Crippen molar-refractivity contribution in [2.75, 3.05) is 0 Å². The molecule has 1 heterocycles. The van der Waals surface area contributed by atoms with Crippen LogP contribution in [0.2, 0.25) is 10.2 Å². The molecule has 1 aromatic heterocycles. The Hall–Kier alpha value is -1.52. The Morgan fingerprint density at radius 3 is 2.70 bits per heavy atom. The summed E-state index contributed by atoms with van der Waals surface area (Å²) >= 11 is 12.6. The Balaban J connectivity index is 1.81. The molecule has 1 saturated carbocycles. The first kappa shape index (κ1) is 16.3. The van der Waals surface area contributed by atoms with Crippen LogP contribution in [0.4, 0.5) is 0 Å². The van der Waals surface area contributed by atoms with Crippen LogP contribution in [0.5, 0.6) is 0 Å². The van der Waals surface area contributed by atoms with Gasteiger partial charge in [0, 0.05) is 11.1 Å². The Kier molecular flexibility index (Phi) is 4.93. The van der Waals surface area contributed by atoms with Gasteiger partial charge in [-0.15, -0.1) is 0 Å². The van der Waals surface area contributed by atoms with Gasteiger partial charge in [0.2, 0.25) is 0 Å². The standard InChI is InChI=1S/C17H19Cl2N3O/c1-11-15(17(23)20-13-7-3-4-8-13)16(19)22(21-11)10-12-6-2-5-9-14(12)18/h2,5-6,9,13H,3-4,7-8,10H2,1H3,(H,20,23). The van der Waals surface area contributed by atoms with Gasteiger partial charge in [-0.25, -0.2) is 4.68 Å². The molecule has 2 aromatic rings. The summed E-state index contributed by atoms with van der Waals surface area (Å²) in [6.07, 6.45) is 4.42. The fourth-order valence-electron chi connectivity index (χ4n) is 3.03. The highest BCUT2D eigenvalue weighted by Crippen LogP contribution is 2.24. The van der Waals surface area contributed by atoms with E-state index in [2.05, 4.69) is 10.4 Å². The van der Waals surface area contributed by atoms with Crippen LogP contribution in [0.3, 0.4) is 0 Å². The van der Waals surface area contributed by atoms with Crippen LogP contribution in [0.15, 0.2) is 24.3 Å². The van der Waals surface area contributed by atoms with Gasteiger partial charge in [-0.2, -0.15) is 5.10 Å². The zero-order chi connectivity index (χ0) is 16.4. The monoisotopic (exact) mass is 351 g/mol. The molecular formula is C17H19Cl2N3O. The predicted molar refractivity (Wildman–Crippen MR) is 92.3 cm³/mol. The van der Waals surface area contributed by atoms with Crippen molar-refractivity contribution in [3.05, 3.63) is 51.3 Å². The number of aromatic nitrogens is 2. The van der Waals surface area contributed by atoms with Gasteiger partial charge in [-0.3, -0.25) is 4.79 Å². The number of amides is 1. The van der Waals surface area contributed by atoms with Crippen molar-refractivity contribution in [2.45, 2.75) is 45.2 Å². The van der Waals surface area contributed by atoms with Gasteiger partial charge in [0.25, 0.3) is 5.91 Å². The van der Waals surface area contributed by atoms with Crippen molar-refractivity contribution in [1.29, 1.82) is 0 Å². The van der Waals surface area contributed by atoms with E-state index in [1.165, 1.54) is 12.8 Å². The van der Waals surface area contributed by atoms with Crippen molar-refractivity contribution in [1.82, 2.24) is 15.1 Å². The number of nitrogens with zero attached hydrogens (tertiary/aromatic N) is 2. The molecule has 0 bridgehead atoms. The second kappa shape index (κ2) is 6.93. The number of carbonyl (C=O) groups excluding carboxylic acids is 1. The summed E-state index contributed by atoms with van der Waals surface area (Å²) in [4.78, 5) is 12.5. The lowest BCUT2D eigenvalue weighted by atomic mass is 10.2. The summed E-state index contributed by atoms with van der Waals surface area (Å²) in [5.74, 6) is -0.134. The number of nitrogens with one attached hydrogen (secondary N) is 1. The molecule has 0 unspecified atom stereocenters. The predicted octanol–water partition coefficient (Wildman–Crippen LogP) is 4.22. The van der Waals surface area contributed by atoms with Crippen LogP contribution in [-0.2, 0) is 6.54 Å². The minimum Gasteiger partial charge on any atom is -0.349 e. The molecule has 23 heavy (non-hydrogen) atoms. The third-order valence-electron chi connectivity index (χ3n) is 4.26. The molecule has 3 rings (SSSR count). The number of halogens is 2. The molecule has 4 nitrogen and oxygen atoms in total. The maximum atomic E-state index is 12.5. The molecule has 1 N–H and O–H groups in total. The molecule has 0 radical (unpaired) electrons. The Labute approximate surface area is 145 Å². The lowest BCUT2D eigenvalue weighted by molar-refractivity contribution is 0.0937. The van der Waals surface area contributed by atoms with E-state index in [0.29, 0.717) is 28.0 Å². The van der Waals surface area contributed by atoms with Crippen molar-refractivity contribution in [3.63, 3.8) is 0 Å². The molecule has 0 aliphatic heterocycles. The highest BCUT2D eigenvalue weighted by atomic mass is 35.5. The zero-order valence-corrected chi connectivity index (χ0v) is 14.5. The largest absolute Gasteiger partial charge is 0.349 e. The number of aryl methyl sites for hydroxylation is 1. The fraction of sp³-hybridized carbons (Fsp3) is 0.412. The molecule has 0 spiro atoms. The molecule has 1 fully saturated rings. The van der Waals surface area contributed by atoms with Gasteiger partial charge in [-0.05, 0) is 31.4 Å². The summed E-state index contributed by atoms with van der Waals surface area (Å²) < 4.78 is 1.63. The summed E-state index contributed by atoms with van der Waals surface area (Å²) in [5, 5.41) is 8.49. The first-order valence-electron chi connectivity index (χ1n) is 7.83. The van der Waals surface area contributed by atoms with Gasteiger partial charge in [0.05, 0.1) is 17.8 Å². The quantitative estimate of drug-likeness (QED) is 0.896.